The predicted octanol–water partition coefficient (Wildman–Crippen LogP) is 4.22. The number of rotatable bonds is 7. The van der Waals surface area contributed by atoms with Crippen molar-refractivity contribution in [3.05, 3.63) is 59.7 Å². The van der Waals surface area contributed by atoms with E-state index in [0.717, 1.165) is 18.4 Å². The van der Waals surface area contributed by atoms with Crippen molar-refractivity contribution in [2.75, 3.05) is 0 Å². The number of carbonyl (C=O) groups is 1. The van der Waals surface area contributed by atoms with Crippen molar-refractivity contribution in [1.29, 1.82) is 0 Å². The zero-order valence-electron chi connectivity index (χ0n) is 14.1. The Kier molecular flexibility index (Phi) is 6.17. The quantitative estimate of drug-likeness (QED) is 0.585. The Morgan fingerprint density at radius 3 is 2.43 bits per heavy atom. The Bertz CT molecular complexity index is 574. The average molecular weight is 313 g/mol. The fourth-order valence-electron chi connectivity index (χ4n) is 3.01. The van der Waals surface area contributed by atoms with E-state index >= 15 is 0 Å². The summed E-state index contributed by atoms with van der Waals surface area (Å²) < 4.78 is 0. The van der Waals surface area contributed by atoms with Gasteiger partial charge < -0.3 is 0 Å². The summed E-state index contributed by atoms with van der Waals surface area (Å²) in [5, 5.41) is 8.50. The summed E-state index contributed by atoms with van der Waals surface area (Å²) in [6.45, 7) is 4.68. The Morgan fingerprint density at radius 2 is 1.87 bits per heavy atom. The van der Waals surface area contributed by atoms with Crippen molar-refractivity contribution >= 4 is 5.91 Å². The molecule has 0 aliphatic heterocycles. The molecule has 0 saturated carbocycles. The maximum atomic E-state index is 11.0. The number of amides is 1. The van der Waals surface area contributed by atoms with Gasteiger partial charge in [-0.25, -0.2) is 5.48 Å². The summed E-state index contributed by atoms with van der Waals surface area (Å²) in [6, 6.07) is 8.46. The van der Waals surface area contributed by atoms with Gasteiger partial charge in [0, 0.05) is 6.42 Å². The highest BCUT2D eigenvalue weighted by atomic mass is 16.5. The van der Waals surface area contributed by atoms with E-state index in [1.165, 1.54) is 12.0 Å². The Hall–Kier alpha value is -1.87. The van der Waals surface area contributed by atoms with Crippen LogP contribution in [0.5, 0.6) is 0 Å². The van der Waals surface area contributed by atoms with Crippen molar-refractivity contribution in [2.24, 2.45) is 11.3 Å². The molecule has 3 nitrogen and oxygen atoms in total. The molecular weight excluding hydrogens is 286 g/mol. The summed E-state index contributed by atoms with van der Waals surface area (Å²) >= 11 is 0. The summed E-state index contributed by atoms with van der Waals surface area (Å²) in [7, 11) is 0. The molecule has 0 heterocycles. The molecule has 1 aliphatic rings. The Balaban J connectivity index is 1.83. The van der Waals surface area contributed by atoms with E-state index in [-0.39, 0.29) is 11.3 Å². The van der Waals surface area contributed by atoms with Crippen LogP contribution in [0.2, 0.25) is 0 Å². The standard InChI is InChI=1S/C20H27NO2/c1-16(20(2)14-4-3-5-15-20)6-7-17-8-10-18(11-9-17)12-13-19(22)21-23/h3-5,8-11,14,16,23H,6-7,12-13,15H2,1-2H3,(H,21,22). The molecule has 0 bridgehead atoms. The molecule has 0 fully saturated rings. The zero-order chi connectivity index (χ0) is 16.7. The van der Waals surface area contributed by atoms with Gasteiger partial charge in [0.2, 0.25) is 5.91 Å². The van der Waals surface area contributed by atoms with E-state index in [1.54, 1.807) is 5.48 Å². The van der Waals surface area contributed by atoms with Crippen LogP contribution in [0, 0.1) is 11.3 Å². The zero-order valence-corrected chi connectivity index (χ0v) is 14.1. The number of hydrogen-bond acceptors (Lipinski definition) is 2. The van der Waals surface area contributed by atoms with E-state index in [0.29, 0.717) is 18.8 Å². The first kappa shape index (κ1) is 17.5. The van der Waals surface area contributed by atoms with Gasteiger partial charge in [0.25, 0.3) is 0 Å². The molecule has 2 atom stereocenters. The number of hydrogen-bond donors (Lipinski definition) is 2. The molecule has 0 aromatic heterocycles. The number of benzene rings is 1. The lowest BCUT2D eigenvalue weighted by Gasteiger charge is -2.33. The molecule has 0 spiro atoms. The summed E-state index contributed by atoms with van der Waals surface area (Å²) in [5.41, 5.74) is 4.40. The van der Waals surface area contributed by atoms with Gasteiger partial charge in [-0.1, -0.05) is 62.4 Å². The largest absolute Gasteiger partial charge is 0.289 e. The monoisotopic (exact) mass is 313 g/mol. The molecule has 23 heavy (non-hydrogen) atoms. The molecule has 124 valence electrons. The highest BCUT2D eigenvalue weighted by Gasteiger charge is 2.27. The second-order valence-corrected chi connectivity index (χ2v) is 6.79. The minimum atomic E-state index is -0.342. The summed E-state index contributed by atoms with van der Waals surface area (Å²) in [5.74, 6) is 0.294. The van der Waals surface area contributed by atoms with Crippen LogP contribution < -0.4 is 5.48 Å². The molecule has 0 saturated heterocycles. The van der Waals surface area contributed by atoms with Crippen LogP contribution in [0.1, 0.15) is 44.2 Å². The van der Waals surface area contributed by atoms with Gasteiger partial charge in [0.05, 0.1) is 0 Å². The number of carbonyl (C=O) groups excluding carboxylic acids is 1. The Labute approximate surface area is 139 Å². The highest BCUT2D eigenvalue weighted by molar-refractivity contribution is 5.74. The number of allylic oxidation sites excluding steroid dienone is 4. The fourth-order valence-corrected chi connectivity index (χ4v) is 3.01. The fraction of sp³-hybridized carbons (Fsp3) is 0.450. The Morgan fingerprint density at radius 1 is 1.22 bits per heavy atom. The van der Waals surface area contributed by atoms with Crippen molar-refractivity contribution in [2.45, 2.75) is 46.0 Å². The van der Waals surface area contributed by atoms with Crippen LogP contribution in [0.15, 0.2) is 48.6 Å². The minimum Gasteiger partial charge on any atom is -0.289 e. The first-order chi connectivity index (χ1) is 11.0. The molecular formula is C20H27NO2. The van der Waals surface area contributed by atoms with E-state index in [2.05, 4.69) is 62.4 Å². The number of hydroxylamine groups is 1. The minimum absolute atomic E-state index is 0.270. The normalized spacial score (nSPS) is 21.2. The second kappa shape index (κ2) is 8.11. The lowest BCUT2D eigenvalue weighted by atomic mass is 9.71. The summed E-state index contributed by atoms with van der Waals surface area (Å²) in [4.78, 5) is 11.0. The third-order valence-corrected chi connectivity index (χ3v) is 5.06. The molecule has 3 heteroatoms. The molecule has 1 aromatic carbocycles. The highest BCUT2D eigenvalue weighted by Crippen LogP contribution is 2.37. The second-order valence-electron chi connectivity index (χ2n) is 6.79. The van der Waals surface area contributed by atoms with Gasteiger partial charge in [0.1, 0.15) is 0 Å². The topological polar surface area (TPSA) is 49.3 Å². The number of aryl methyl sites for hydroxylation is 2. The van der Waals surface area contributed by atoms with Crippen LogP contribution in [0.25, 0.3) is 0 Å². The SMILES string of the molecule is CC(CCc1ccc(CCC(=O)NO)cc1)C1(C)C=CC=CC1. The molecule has 0 radical (unpaired) electrons. The molecule has 2 unspecified atom stereocenters. The van der Waals surface area contributed by atoms with Gasteiger partial charge in [-0.05, 0) is 48.1 Å². The van der Waals surface area contributed by atoms with E-state index < -0.39 is 0 Å². The first-order valence-electron chi connectivity index (χ1n) is 8.38. The van der Waals surface area contributed by atoms with Gasteiger partial charge in [-0.2, -0.15) is 0 Å². The lowest BCUT2D eigenvalue weighted by Crippen LogP contribution is -2.24. The van der Waals surface area contributed by atoms with Crippen LogP contribution in [0.4, 0.5) is 0 Å². The van der Waals surface area contributed by atoms with Gasteiger partial charge in [-0.15, -0.1) is 0 Å². The molecule has 2 rings (SSSR count). The first-order valence-corrected chi connectivity index (χ1v) is 8.38. The van der Waals surface area contributed by atoms with Crippen LogP contribution in [0.3, 0.4) is 0 Å². The summed E-state index contributed by atoms with van der Waals surface area (Å²) in [6.07, 6.45) is 13.2. The van der Waals surface area contributed by atoms with E-state index in [9.17, 15) is 4.79 Å². The molecule has 1 aromatic rings. The molecule has 1 aliphatic carbocycles. The van der Waals surface area contributed by atoms with Crippen molar-refractivity contribution < 1.29 is 10.0 Å². The van der Waals surface area contributed by atoms with Gasteiger partial charge in [0.15, 0.2) is 0 Å². The average Bonchev–Trinajstić information content (AvgIpc) is 2.59. The van der Waals surface area contributed by atoms with Crippen molar-refractivity contribution in [1.82, 2.24) is 5.48 Å². The van der Waals surface area contributed by atoms with Crippen LogP contribution >= 0.6 is 0 Å². The van der Waals surface area contributed by atoms with Crippen molar-refractivity contribution in [3.8, 4) is 0 Å². The third kappa shape index (κ3) is 5.07. The van der Waals surface area contributed by atoms with E-state index in [1.807, 2.05) is 0 Å². The van der Waals surface area contributed by atoms with Crippen LogP contribution in [-0.2, 0) is 17.6 Å². The maximum absolute atomic E-state index is 11.0. The van der Waals surface area contributed by atoms with Gasteiger partial charge in [-0.3, -0.25) is 10.0 Å². The van der Waals surface area contributed by atoms with E-state index in [4.69, 9.17) is 5.21 Å². The maximum Gasteiger partial charge on any atom is 0.243 e. The van der Waals surface area contributed by atoms with Crippen LogP contribution in [-0.4, -0.2) is 11.1 Å². The smallest absolute Gasteiger partial charge is 0.243 e. The third-order valence-electron chi connectivity index (χ3n) is 5.06. The molecule has 1 amide bonds. The number of nitrogens with one attached hydrogen (secondary N) is 1. The molecule has 2 N–H and O–H groups in total. The lowest BCUT2D eigenvalue weighted by molar-refractivity contribution is -0.129. The van der Waals surface area contributed by atoms with Crippen molar-refractivity contribution in [3.63, 3.8) is 0 Å². The van der Waals surface area contributed by atoms with Gasteiger partial charge >= 0.3 is 0 Å². The predicted molar refractivity (Wildman–Crippen MR) is 93.2 cm³/mol.